The molecular formula is C14H18N4O4S2. The normalized spacial score (nSPS) is 11.3. The fourth-order valence-corrected chi connectivity index (χ4v) is 4.22. The van der Waals surface area contributed by atoms with E-state index in [9.17, 15) is 13.2 Å². The number of ether oxygens (including phenoxy) is 1. The summed E-state index contributed by atoms with van der Waals surface area (Å²) < 4.78 is 31.9. The third kappa shape index (κ3) is 4.08. The zero-order chi connectivity index (χ0) is 17.9. The number of anilines is 1. The van der Waals surface area contributed by atoms with Gasteiger partial charge in [0.15, 0.2) is 0 Å². The van der Waals surface area contributed by atoms with E-state index >= 15 is 0 Å². The minimum atomic E-state index is -3.88. The molecule has 2 aromatic heterocycles. The van der Waals surface area contributed by atoms with Crippen molar-refractivity contribution in [1.29, 1.82) is 0 Å². The number of nitrogens with zero attached hydrogens (tertiary/aromatic N) is 3. The summed E-state index contributed by atoms with van der Waals surface area (Å²) in [6.45, 7) is 1.72. The molecule has 0 aliphatic rings. The summed E-state index contributed by atoms with van der Waals surface area (Å²) in [6.07, 6.45) is 0. The lowest BCUT2D eigenvalue weighted by Gasteiger charge is -2.13. The van der Waals surface area contributed by atoms with Crippen molar-refractivity contribution in [2.24, 2.45) is 0 Å². The molecule has 0 unspecified atom stereocenters. The first-order valence-electron chi connectivity index (χ1n) is 6.92. The van der Waals surface area contributed by atoms with Crippen molar-refractivity contribution in [3.05, 3.63) is 33.9 Å². The van der Waals surface area contributed by atoms with Crippen LogP contribution in [0.3, 0.4) is 0 Å². The molecule has 0 radical (unpaired) electrons. The molecule has 0 saturated heterocycles. The number of aryl methyl sites for hydroxylation is 1. The number of carbonyl (C=O) groups is 1. The third-order valence-corrected chi connectivity index (χ3v) is 5.52. The first kappa shape index (κ1) is 18.3. The Morgan fingerprint density at radius 1 is 1.38 bits per heavy atom. The van der Waals surface area contributed by atoms with Crippen LogP contribution in [0.15, 0.2) is 22.4 Å². The highest BCUT2D eigenvalue weighted by molar-refractivity contribution is 7.89. The smallest absolute Gasteiger partial charge is 0.349 e. The monoisotopic (exact) mass is 370 g/mol. The quantitative estimate of drug-likeness (QED) is 0.762. The minimum absolute atomic E-state index is 0.0316. The molecule has 2 aromatic rings. The van der Waals surface area contributed by atoms with Crippen LogP contribution in [-0.2, 0) is 21.3 Å². The van der Waals surface area contributed by atoms with Crippen molar-refractivity contribution < 1.29 is 17.9 Å². The Hall–Kier alpha value is -2.04. The van der Waals surface area contributed by atoms with Gasteiger partial charge in [0.1, 0.15) is 21.4 Å². The van der Waals surface area contributed by atoms with Crippen LogP contribution in [0.5, 0.6) is 0 Å². The second-order valence-electron chi connectivity index (χ2n) is 5.11. The molecule has 2 heterocycles. The van der Waals surface area contributed by atoms with Crippen LogP contribution in [0, 0.1) is 6.92 Å². The van der Waals surface area contributed by atoms with E-state index in [1.165, 1.54) is 18.6 Å². The summed E-state index contributed by atoms with van der Waals surface area (Å²) in [5.41, 5.74) is 0.730. The number of nitrogens with one attached hydrogen (secondary N) is 1. The molecule has 0 atom stereocenters. The van der Waals surface area contributed by atoms with Crippen molar-refractivity contribution >= 4 is 33.1 Å². The van der Waals surface area contributed by atoms with Gasteiger partial charge in [0.05, 0.1) is 13.7 Å². The lowest BCUT2D eigenvalue weighted by Crippen LogP contribution is -2.26. The first-order chi connectivity index (χ1) is 11.2. The van der Waals surface area contributed by atoms with Crippen LogP contribution in [0.4, 0.5) is 5.82 Å². The van der Waals surface area contributed by atoms with Crippen molar-refractivity contribution in [3.8, 4) is 0 Å². The molecule has 0 aliphatic carbocycles. The largest absolute Gasteiger partial charge is 0.465 e. The van der Waals surface area contributed by atoms with Gasteiger partial charge in [-0.3, -0.25) is 0 Å². The van der Waals surface area contributed by atoms with Crippen molar-refractivity contribution in [3.63, 3.8) is 0 Å². The maximum Gasteiger partial charge on any atom is 0.349 e. The summed E-state index contributed by atoms with van der Waals surface area (Å²) in [6, 6.07) is 3.16. The minimum Gasteiger partial charge on any atom is -0.465 e. The molecule has 8 nitrogen and oxygen atoms in total. The van der Waals surface area contributed by atoms with Gasteiger partial charge in [0, 0.05) is 25.9 Å². The Kier molecular flexibility index (Phi) is 5.52. The number of esters is 1. The van der Waals surface area contributed by atoms with Crippen LogP contribution in [-0.4, -0.2) is 45.6 Å². The molecule has 0 amide bonds. The van der Waals surface area contributed by atoms with Gasteiger partial charge in [-0.1, -0.05) is 0 Å². The number of hydrogen-bond donors (Lipinski definition) is 1. The topological polar surface area (TPSA) is 101 Å². The number of methoxy groups -OCH3 is 1. The van der Waals surface area contributed by atoms with Crippen molar-refractivity contribution in [2.45, 2.75) is 18.4 Å². The Bertz CT molecular complexity index is 846. The van der Waals surface area contributed by atoms with Gasteiger partial charge in [0.2, 0.25) is 10.0 Å². The van der Waals surface area contributed by atoms with Gasteiger partial charge in [-0.2, -0.15) is 0 Å². The molecule has 0 bridgehead atoms. The summed E-state index contributed by atoms with van der Waals surface area (Å²) in [5, 5.41) is 1.52. The molecule has 10 heteroatoms. The van der Waals surface area contributed by atoms with Crippen molar-refractivity contribution in [1.82, 2.24) is 14.7 Å². The molecule has 2 rings (SSSR count). The summed E-state index contributed by atoms with van der Waals surface area (Å²) in [7, 11) is 0.997. The van der Waals surface area contributed by atoms with Crippen LogP contribution >= 0.6 is 11.3 Å². The standard InChI is InChI=1S/C14H18N4O4S2/c1-9-7-12(18(2)3)17-11(16-9)8-15-24(20,21)10-5-6-23-13(10)14(19)22-4/h5-7,15H,8H2,1-4H3. The average Bonchev–Trinajstić information content (AvgIpc) is 3.02. The Morgan fingerprint density at radius 3 is 2.71 bits per heavy atom. The third-order valence-electron chi connectivity index (χ3n) is 3.05. The maximum atomic E-state index is 12.4. The average molecular weight is 370 g/mol. The van der Waals surface area contributed by atoms with E-state index in [1.807, 2.05) is 14.1 Å². The highest BCUT2D eigenvalue weighted by Crippen LogP contribution is 2.22. The van der Waals surface area contributed by atoms with E-state index < -0.39 is 16.0 Å². The number of rotatable bonds is 6. The van der Waals surface area contributed by atoms with E-state index in [-0.39, 0.29) is 16.3 Å². The summed E-state index contributed by atoms with van der Waals surface area (Å²) >= 11 is 1.01. The molecule has 24 heavy (non-hydrogen) atoms. The van der Waals surface area contributed by atoms with E-state index in [0.717, 1.165) is 17.0 Å². The SMILES string of the molecule is COC(=O)c1sccc1S(=O)(=O)NCc1nc(C)cc(N(C)C)n1. The van der Waals surface area contributed by atoms with Gasteiger partial charge < -0.3 is 9.64 Å². The zero-order valence-electron chi connectivity index (χ0n) is 13.7. The van der Waals surface area contributed by atoms with Gasteiger partial charge in [-0.25, -0.2) is 27.9 Å². The predicted molar refractivity (Wildman–Crippen MR) is 90.8 cm³/mol. The first-order valence-corrected chi connectivity index (χ1v) is 9.28. The number of sulfonamides is 1. The fraction of sp³-hybridized carbons (Fsp3) is 0.357. The lowest BCUT2D eigenvalue weighted by atomic mass is 10.4. The van der Waals surface area contributed by atoms with E-state index in [2.05, 4.69) is 19.4 Å². The number of carbonyl (C=O) groups excluding carboxylic acids is 1. The van der Waals surface area contributed by atoms with Crippen LogP contribution in [0.2, 0.25) is 0 Å². The van der Waals surface area contributed by atoms with E-state index in [1.54, 1.807) is 17.9 Å². The highest BCUT2D eigenvalue weighted by Gasteiger charge is 2.24. The maximum absolute atomic E-state index is 12.4. The Morgan fingerprint density at radius 2 is 2.08 bits per heavy atom. The Labute approximate surface area is 144 Å². The molecule has 130 valence electrons. The van der Waals surface area contributed by atoms with Crippen LogP contribution < -0.4 is 9.62 Å². The second-order valence-corrected chi connectivity index (χ2v) is 7.76. The Balaban J connectivity index is 2.23. The number of thiophene rings is 1. The van der Waals surface area contributed by atoms with E-state index in [4.69, 9.17) is 0 Å². The zero-order valence-corrected chi connectivity index (χ0v) is 15.4. The van der Waals surface area contributed by atoms with Gasteiger partial charge in [-0.15, -0.1) is 11.3 Å². The van der Waals surface area contributed by atoms with Gasteiger partial charge >= 0.3 is 5.97 Å². The number of hydrogen-bond acceptors (Lipinski definition) is 8. The van der Waals surface area contributed by atoms with Gasteiger partial charge in [0.25, 0.3) is 0 Å². The molecule has 0 saturated carbocycles. The van der Waals surface area contributed by atoms with Crippen LogP contribution in [0.1, 0.15) is 21.2 Å². The van der Waals surface area contributed by atoms with Crippen LogP contribution in [0.25, 0.3) is 0 Å². The van der Waals surface area contributed by atoms with Crippen molar-refractivity contribution in [2.75, 3.05) is 26.1 Å². The fourth-order valence-electron chi connectivity index (χ4n) is 1.91. The highest BCUT2D eigenvalue weighted by atomic mass is 32.2. The molecule has 0 fully saturated rings. The predicted octanol–water partition coefficient (Wildman–Crippen LogP) is 1.18. The molecule has 0 aromatic carbocycles. The summed E-state index contributed by atoms with van der Waals surface area (Å²) in [4.78, 5) is 21.9. The van der Waals surface area contributed by atoms with Gasteiger partial charge in [-0.05, 0) is 18.4 Å². The molecule has 0 spiro atoms. The molecular weight excluding hydrogens is 352 g/mol. The van der Waals surface area contributed by atoms with E-state index in [0.29, 0.717) is 11.6 Å². The second kappa shape index (κ2) is 7.24. The lowest BCUT2D eigenvalue weighted by molar-refractivity contribution is 0.0602. The molecule has 1 N–H and O–H groups in total. The molecule has 0 aliphatic heterocycles. The number of aromatic nitrogens is 2. The summed E-state index contributed by atoms with van der Waals surface area (Å²) in [5.74, 6) is 0.340.